The third kappa shape index (κ3) is 5.73. The van der Waals surface area contributed by atoms with E-state index in [1.807, 2.05) is 30.0 Å². The van der Waals surface area contributed by atoms with Crippen molar-refractivity contribution in [1.82, 2.24) is 9.97 Å². The molecule has 38 heavy (non-hydrogen) atoms. The van der Waals surface area contributed by atoms with Gasteiger partial charge in [0, 0.05) is 43.4 Å². The predicted octanol–water partition coefficient (Wildman–Crippen LogP) is 3.92. The molecule has 0 aliphatic carbocycles. The maximum Gasteiger partial charge on any atom is 0.416 e. The van der Waals surface area contributed by atoms with E-state index in [1.165, 1.54) is 12.1 Å². The number of morpholine rings is 1. The molecule has 1 atom stereocenters. The Kier molecular flexibility index (Phi) is 7.22. The summed E-state index contributed by atoms with van der Waals surface area (Å²) in [5.41, 5.74) is 8.45. The summed E-state index contributed by atoms with van der Waals surface area (Å²) in [7, 11) is 0. The zero-order valence-electron chi connectivity index (χ0n) is 20.9. The number of alkyl halides is 3. The number of β-amino-alcohol motifs (C(OH)–C–C–N with tert-alkyl or cyclic N) is 1. The summed E-state index contributed by atoms with van der Waals surface area (Å²) >= 11 is 0. The van der Waals surface area contributed by atoms with E-state index in [0.717, 1.165) is 29.1 Å². The summed E-state index contributed by atoms with van der Waals surface area (Å²) < 4.78 is 45.0. The van der Waals surface area contributed by atoms with Gasteiger partial charge in [0.1, 0.15) is 11.7 Å². The largest absolute Gasteiger partial charge is 0.416 e. The Hall–Kier alpha value is -3.70. The van der Waals surface area contributed by atoms with Crippen LogP contribution in [-0.4, -0.2) is 66.4 Å². The highest BCUT2D eigenvalue weighted by atomic mass is 19.4. The first-order valence-electron chi connectivity index (χ1n) is 12.4. The van der Waals surface area contributed by atoms with Crippen LogP contribution in [0.15, 0.2) is 53.5 Å². The Morgan fingerprint density at radius 2 is 1.84 bits per heavy atom. The van der Waals surface area contributed by atoms with Crippen LogP contribution >= 0.6 is 0 Å². The van der Waals surface area contributed by atoms with Crippen molar-refractivity contribution in [1.29, 1.82) is 0 Å². The van der Waals surface area contributed by atoms with Crippen LogP contribution in [0.5, 0.6) is 0 Å². The van der Waals surface area contributed by atoms with Gasteiger partial charge < -0.3 is 25.4 Å². The second-order valence-corrected chi connectivity index (χ2v) is 9.47. The van der Waals surface area contributed by atoms with Crippen molar-refractivity contribution >= 4 is 23.3 Å². The molecular weight excluding hydrogens is 497 g/mol. The number of aliphatic hydroxyl groups is 1. The summed E-state index contributed by atoms with van der Waals surface area (Å²) in [5.74, 6) is 1.29. The van der Waals surface area contributed by atoms with Crippen LogP contribution in [0.2, 0.25) is 0 Å². The number of anilines is 2. The maximum absolute atomic E-state index is 13.2. The number of halogens is 3. The lowest BCUT2D eigenvalue weighted by Crippen LogP contribution is -2.37. The summed E-state index contributed by atoms with van der Waals surface area (Å²) in [5, 5.41) is 10.1. The Bertz CT molecular complexity index is 1320. The van der Waals surface area contributed by atoms with E-state index in [1.54, 1.807) is 6.07 Å². The van der Waals surface area contributed by atoms with Gasteiger partial charge in [0.2, 0.25) is 5.95 Å². The summed E-state index contributed by atoms with van der Waals surface area (Å²) in [4.78, 5) is 18.2. The Morgan fingerprint density at radius 1 is 1.05 bits per heavy atom. The topological polar surface area (TPSA) is 100 Å². The molecule has 2 aliphatic rings. The predicted molar refractivity (Wildman–Crippen MR) is 140 cm³/mol. The number of ether oxygens (including phenoxy) is 1. The Morgan fingerprint density at radius 3 is 2.55 bits per heavy atom. The van der Waals surface area contributed by atoms with Crippen molar-refractivity contribution in [2.75, 3.05) is 49.2 Å². The Balaban J connectivity index is 1.52. The number of rotatable bonds is 5. The fourth-order valence-corrected chi connectivity index (χ4v) is 4.59. The number of aryl methyl sites for hydroxylation is 1. The first-order chi connectivity index (χ1) is 18.2. The fraction of sp³-hybridized carbons (Fsp3) is 0.370. The molecule has 2 aliphatic heterocycles. The second kappa shape index (κ2) is 10.6. The van der Waals surface area contributed by atoms with Crippen LogP contribution in [0.1, 0.15) is 23.1 Å². The normalized spacial score (nSPS) is 18.8. The van der Waals surface area contributed by atoms with E-state index < -0.39 is 17.8 Å². The first kappa shape index (κ1) is 25.9. The van der Waals surface area contributed by atoms with E-state index in [9.17, 15) is 18.3 Å². The van der Waals surface area contributed by atoms with Crippen LogP contribution in [0.4, 0.5) is 30.6 Å². The van der Waals surface area contributed by atoms with Crippen LogP contribution < -0.4 is 15.5 Å². The number of nitrogens with zero attached hydrogens (tertiary/aromatic N) is 5. The third-order valence-electron chi connectivity index (χ3n) is 6.71. The van der Waals surface area contributed by atoms with E-state index in [4.69, 9.17) is 20.4 Å². The highest BCUT2D eigenvalue weighted by Crippen LogP contribution is 2.32. The SMILES string of the molecule is Cc1ccc(N=C(N)c2cccc(C(F)(F)F)c2)cc1-c1cc(N2CCOCC2)nc(N2CCC(O)C2)n1. The zero-order valence-corrected chi connectivity index (χ0v) is 20.9. The van der Waals surface area contributed by atoms with E-state index in [-0.39, 0.29) is 11.4 Å². The van der Waals surface area contributed by atoms with Crippen molar-refractivity contribution in [2.45, 2.75) is 25.6 Å². The van der Waals surface area contributed by atoms with Gasteiger partial charge in [-0.15, -0.1) is 0 Å². The molecule has 3 heterocycles. The molecule has 1 aromatic heterocycles. The maximum atomic E-state index is 13.2. The van der Waals surface area contributed by atoms with Gasteiger partial charge in [0.25, 0.3) is 0 Å². The lowest BCUT2D eigenvalue weighted by atomic mass is 10.0. The van der Waals surface area contributed by atoms with Gasteiger partial charge in [-0.3, -0.25) is 0 Å². The summed E-state index contributed by atoms with van der Waals surface area (Å²) in [6.45, 7) is 5.69. The molecule has 200 valence electrons. The van der Waals surface area contributed by atoms with E-state index in [2.05, 4.69) is 9.89 Å². The van der Waals surface area contributed by atoms with Crippen molar-refractivity contribution in [3.63, 3.8) is 0 Å². The monoisotopic (exact) mass is 526 g/mol. The molecule has 11 heteroatoms. The zero-order chi connectivity index (χ0) is 26.9. The molecule has 1 unspecified atom stereocenters. The summed E-state index contributed by atoms with van der Waals surface area (Å²) in [6, 6.07) is 12.2. The second-order valence-electron chi connectivity index (χ2n) is 9.47. The molecule has 5 rings (SSSR count). The highest BCUT2D eigenvalue weighted by molar-refractivity contribution is 5.99. The van der Waals surface area contributed by atoms with Gasteiger partial charge in [0.15, 0.2) is 0 Å². The third-order valence-corrected chi connectivity index (χ3v) is 6.71. The number of aliphatic hydroxyl groups excluding tert-OH is 1. The van der Waals surface area contributed by atoms with Gasteiger partial charge in [0.05, 0.1) is 36.3 Å². The first-order valence-corrected chi connectivity index (χ1v) is 12.4. The quantitative estimate of drug-likeness (QED) is 0.384. The van der Waals surface area contributed by atoms with Crippen molar-refractivity contribution in [3.8, 4) is 11.3 Å². The van der Waals surface area contributed by atoms with Gasteiger partial charge in [-0.2, -0.15) is 18.2 Å². The molecule has 0 bridgehead atoms. The Labute approximate surface area is 218 Å². The van der Waals surface area contributed by atoms with Crippen LogP contribution in [-0.2, 0) is 10.9 Å². The number of aromatic nitrogens is 2. The van der Waals surface area contributed by atoms with Gasteiger partial charge in [-0.1, -0.05) is 18.2 Å². The average Bonchev–Trinajstić information content (AvgIpc) is 3.36. The fourth-order valence-electron chi connectivity index (χ4n) is 4.59. The van der Waals surface area contributed by atoms with Gasteiger partial charge in [-0.05, 0) is 43.2 Å². The number of hydrogen-bond acceptors (Lipinski definition) is 7. The number of aliphatic imine (C=N–C) groups is 1. The molecule has 3 N–H and O–H groups in total. The van der Waals surface area contributed by atoms with Crippen LogP contribution in [0.25, 0.3) is 11.3 Å². The lowest BCUT2D eigenvalue weighted by Gasteiger charge is -2.29. The van der Waals surface area contributed by atoms with Crippen molar-refractivity contribution in [3.05, 3.63) is 65.2 Å². The lowest BCUT2D eigenvalue weighted by molar-refractivity contribution is -0.137. The van der Waals surface area contributed by atoms with Crippen molar-refractivity contribution in [2.24, 2.45) is 10.7 Å². The van der Waals surface area contributed by atoms with Crippen molar-refractivity contribution < 1.29 is 23.0 Å². The minimum Gasteiger partial charge on any atom is -0.391 e. The minimum atomic E-state index is -4.47. The molecule has 0 radical (unpaired) electrons. The number of benzene rings is 2. The molecule has 2 aromatic carbocycles. The minimum absolute atomic E-state index is 0.0191. The molecular formula is C27H29F3N6O2. The summed E-state index contributed by atoms with van der Waals surface area (Å²) in [6.07, 6.45) is -4.24. The molecule has 8 nitrogen and oxygen atoms in total. The van der Waals surface area contributed by atoms with Gasteiger partial charge >= 0.3 is 6.18 Å². The smallest absolute Gasteiger partial charge is 0.391 e. The van der Waals surface area contributed by atoms with Gasteiger partial charge in [-0.25, -0.2) is 9.98 Å². The van der Waals surface area contributed by atoms with Crippen LogP contribution in [0, 0.1) is 6.92 Å². The molecule has 0 amide bonds. The standard InChI is InChI=1S/C27H29F3N6O2/c1-17-5-6-20(32-25(31)18-3-2-4-19(13-18)27(28,29)30)14-22(17)23-15-24(35-9-11-38-12-10-35)34-26(33-23)36-8-7-21(37)16-36/h2-6,13-15,21,37H,7-12,16H2,1H3,(H2,31,32). The molecule has 3 aromatic rings. The molecule has 0 saturated carbocycles. The average molecular weight is 527 g/mol. The molecule has 2 fully saturated rings. The highest BCUT2D eigenvalue weighted by Gasteiger charge is 2.30. The van der Waals surface area contributed by atoms with E-state index >= 15 is 0 Å². The van der Waals surface area contributed by atoms with Crippen LogP contribution in [0.3, 0.4) is 0 Å². The number of hydrogen-bond donors (Lipinski definition) is 2. The number of amidine groups is 1. The van der Waals surface area contributed by atoms with E-state index in [0.29, 0.717) is 63.1 Å². The molecule has 0 spiro atoms. The molecule has 2 saturated heterocycles. The number of nitrogens with two attached hydrogens (primary N) is 1.